The Morgan fingerprint density at radius 2 is 1.69 bits per heavy atom. The standard InChI is InChI=1S/C23H45NO2/c1-6-9-17-24(8-3)18-11-10-12-21-19-25-23(26-21)15-13-20(14-16-23)22(4,5)7-2/h20-21H,6-19H2,1-5H3. The largest absolute Gasteiger partial charge is 0.347 e. The molecule has 0 amide bonds. The number of unbranched alkanes of at least 4 members (excludes halogenated alkanes) is 2. The monoisotopic (exact) mass is 367 g/mol. The van der Waals surface area contributed by atoms with Crippen LogP contribution >= 0.6 is 0 Å². The van der Waals surface area contributed by atoms with Crippen LogP contribution in [0.2, 0.25) is 0 Å². The fraction of sp³-hybridized carbons (Fsp3) is 1.00. The van der Waals surface area contributed by atoms with E-state index in [4.69, 9.17) is 9.47 Å². The van der Waals surface area contributed by atoms with Crippen LogP contribution in [0.15, 0.2) is 0 Å². The van der Waals surface area contributed by atoms with Crippen molar-refractivity contribution >= 4 is 0 Å². The van der Waals surface area contributed by atoms with Gasteiger partial charge in [-0.05, 0) is 69.5 Å². The van der Waals surface area contributed by atoms with Gasteiger partial charge in [0.1, 0.15) is 0 Å². The molecule has 1 heterocycles. The molecular weight excluding hydrogens is 322 g/mol. The number of rotatable bonds is 11. The normalized spacial score (nSPS) is 29.8. The molecule has 1 aliphatic carbocycles. The first-order valence-corrected chi connectivity index (χ1v) is 11.5. The van der Waals surface area contributed by atoms with E-state index in [1.165, 1.54) is 64.6 Å². The molecule has 2 fully saturated rings. The average molecular weight is 368 g/mol. The number of hydrogen-bond donors (Lipinski definition) is 0. The lowest BCUT2D eigenvalue weighted by atomic mass is 9.68. The summed E-state index contributed by atoms with van der Waals surface area (Å²) < 4.78 is 12.7. The Labute approximate surface area is 163 Å². The molecule has 2 rings (SSSR count). The minimum atomic E-state index is -0.235. The second kappa shape index (κ2) is 10.4. The van der Waals surface area contributed by atoms with Crippen molar-refractivity contribution < 1.29 is 9.47 Å². The van der Waals surface area contributed by atoms with Crippen LogP contribution in [0, 0.1) is 11.3 Å². The Morgan fingerprint density at radius 1 is 1.00 bits per heavy atom. The van der Waals surface area contributed by atoms with E-state index in [0.717, 1.165) is 31.8 Å². The van der Waals surface area contributed by atoms with Gasteiger partial charge in [-0.15, -0.1) is 0 Å². The van der Waals surface area contributed by atoms with Crippen LogP contribution in [0.3, 0.4) is 0 Å². The Bertz CT molecular complexity index is 388. The summed E-state index contributed by atoms with van der Waals surface area (Å²) in [6, 6.07) is 0. The van der Waals surface area contributed by atoms with E-state index in [1.807, 2.05) is 0 Å². The van der Waals surface area contributed by atoms with Gasteiger partial charge in [0.15, 0.2) is 5.79 Å². The van der Waals surface area contributed by atoms with Gasteiger partial charge >= 0.3 is 0 Å². The van der Waals surface area contributed by atoms with E-state index >= 15 is 0 Å². The zero-order chi connectivity index (χ0) is 19.0. The van der Waals surface area contributed by atoms with Gasteiger partial charge < -0.3 is 14.4 Å². The summed E-state index contributed by atoms with van der Waals surface area (Å²) in [6.07, 6.45) is 12.6. The molecule has 1 atom stereocenters. The van der Waals surface area contributed by atoms with Gasteiger partial charge in [-0.25, -0.2) is 0 Å². The maximum atomic E-state index is 6.45. The van der Waals surface area contributed by atoms with Crippen LogP contribution in [0.4, 0.5) is 0 Å². The van der Waals surface area contributed by atoms with Gasteiger partial charge in [-0.3, -0.25) is 0 Å². The molecule has 0 aromatic carbocycles. The molecule has 0 N–H and O–H groups in total. The summed E-state index contributed by atoms with van der Waals surface area (Å²) >= 11 is 0. The third-order valence-corrected chi connectivity index (χ3v) is 7.20. The van der Waals surface area contributed by atoms with Gasteiger partial charge in [0, 0.05) is 12.8 Å². The summed E-state index contributed by atoms with van der Waals surface area (Å²) in [7, 11) is 0. The van der Waals surface area contributed by atoms with Gasteiger partial charge in [-0.1, -0.05) is 47.5 Å². The lowest BCUT2D eigenvalue weighted by Crippen LogP contribution is -2.39. The highest BCUT2D eigenvalue weighted by Crippen LogP contribution is 2.47. The first-order chi connectivity index (χ1) is 12.4. The smallest absolute Gasteiger partial charge is 0.168 e. The zero-order valence-electron chi connectivity index (χ0n) is 18.3. The molecule has 2 aliphatic rings. The van der Waals surface area contributed by atoms with Gasteiger partial charge in [0.2, 0.25) is 0 Å². The summed E-state index contributed by atoms with van der Waals surface area (Å²) in [5.74, 6) is 0.592. The van der Waals surface area contributed by atoms with Crippen LogP contribution in [0.1, 0.15) is 98.8 Å². The van der Waals surface area contributed by atoms with Crippen molar-refractivity contribution in [2.75, 3.05) is 26.2 Å². The summed E-state index contributed by atoms with van der Waals surface area (Å²) in [4.78, 5) is 2.59. The van der Waals surface area contributed by atoms with Crippen molar-refractivity contribution in [2.24, 2.45) is 11.3 Å². The molecule has 1 aliphatic heterocycles. The average Bonchev–Trinajstić information content (AvgIpc) is 3.04. The van der Waals surface area contributed by atoms with E-state index < -0.39 is 0 Å². The van der Waals surface area contributed by atoms with Crippen LogP contribution in [-0.2, 0) is 9.47 Å². The highest BCUT2D eigenvalue weighted by Gasteiger charge is 2.46. The Hall–Kier alpha value is -0.120. The predicted octanol–water partition coefficient (Wildman–Crippen LogP) is 6.02. The summed E-state index contributed by atoms with van der Waals surface area (Å²) in [5.41, 5.74) is 0.461. The molecule has 1 saturated carbocycles. The zero-order valence-corrected chi connectivity index (χ0v) is 18.3. The number of hydrogen-bond acceptors (Lipinski definition) is 3. The molecule has 1 spiro atoms. The van der Waals surface area contributed by atoms with Crippen LogP contribution in [0.25, 0.3) is 0 Å². The second-order valence-electron chi connectivity index (χ2n) is 9.36. The fourth-order valence-corrected chi connectivity index (χ4v) is 4.67. The molecule has 1 saturated heterocycles. The molecule has 3 heteroatoms. The molecule has 1 unspecified atom stereocenters. The SMILES string of the molecule is CCCCN(CC)CCCCC1COC2(CCC(C(C)(C)CC)CC2)O1. The van der Waals surface area contributed by atoms with Crippen molar-refractivity contribution in [3.05, 3.63) is 0 Å². The Balaban J connectivity index is 1.65. The second-order valence-corrected chi connectivity index (χ2v) is 9.36. The number of nitrogens with zero attached hydrogens (tertiary/aromatic N) is 1. The quantitative estimate of drug-likeness (QED) is 0.417. The van der Waals surface area contributed by atoms with Crippen LogP contribution in [0.5, 0.6) is 0 Å². The van der Waals surface area contributed by atoms with Crippen molar-refractivity contribution in [1.82, 2.24) is 4.90 Å². The van der Waals surface area contributed by atoms with Gasteiger partial charge in [-0.2, -0.15) is 0 Å². The van der Waals surface area contributed by atoms with Crippen molar-refractivity contribution in [3.63, 3.8) is 0 Å². The van der Waals surface area contributed by atoms with Crippen molar-refractivity contribution in [2.45, 2.75) is 111 Å². The molecule has 154 valence electrons. The Morgan fingerprint density at radius 3 is 2.31 bits per heavy atom. The maximum Gasteiger partial charge on any atom is 0.168 e. The first kappa shape index (κ1) is 22.2. The van der Waals surface area contributed by atoms with E-state index in [2.05, 4.69) is 39.5 Å². The highest BCUT2D eigenvalue weighted by molar-refractivity contribution is 4.89. The molecule has 0 aromatic heterocycles. The summed E-state index contributed by atoms with van der Waals surface area (Å²) in [6.45, 7) is 16.2. The van der Waals surface area contributed by atoms with Gasteiger partial charge in [0.05, 0.1) is 12.7 Å². The minimum absolute atomic E-state index is 0.235. The fourth-order valence-electron chi connectivity index (χ4n) is 4.67. The molecule has 26 heavy (non-hydrogen) atoms. The minimum Gasteiger partial charge on any atom is -0.347 e. The molecule has 0 aromatic rings. The third-order valence-electron chi connectivity index (χ3n) is 7.20. The molecular formula is C23H45NO2. The maximum absolute atomic E-state index is 6.45. The van der Waals surface area contributed by atoms with Crippen molar-refractivity contribution in [3.8, 4) is 0 Å². The third kappa shape index (κ3) is 6.21. The number of ether oxygens (including phenoxy) is 2. The topological polar surface area (TPSA) is 21.7 Å². The predicted molar refractivity (Wildman–Crippen MR) is 110 cm³/mol. The molecule has 0 bridgehead atoms. The van der Waals surface area contributed by atoms with Crippen LogP contribution in [-0.4, -0.2) is 43.0 Å². The summed E-state index contributed by atoms with van der Waals surface area (Å²) in [5, 5.41) is 0. The highest BCUT2D eigenvalue weighted by atomic mass is 16.7. The van der Waals surface area contributed by atoms with Gasteiger partial charge in [0.25, 0.3) is 0 Å². The van der Waals surface area contributed by atoms with E-state index in [-0.39, 0.29) is 5.79 Å². The van der Waals surface area contributed by atoms with Crippen molar-refractivity contribution in [1.29, 1.82) is 0 Å². The van der Waals surface area contributed by atoms with E-state index in [0.29, 0.717) is 11.5 Å². The van der Waals surface area contributed by atoms with E-state index in [9.17, 15) is 0 Å². The van der Waals surface area contributed by atoms with E-state index in [1.54, 1.807) is 0 Å². The lowest BCUT2D eigenvalue weighted by Gasteiger charge is -2.42. The lowest BCUT2D eigenvalue weighted by molar-refractivity contribution is -0.197. The molecule has 3 nitrogen and oxygen atoms in total. The van der Waals surface area contributed by atoms with Crippen LogP contribution < -0.4 is 0 Å². The first-order valence-electron chi connectivity index (χ1n) is 11.5. The molecule has 0 radical (unpaired) electrons. The Kier molecular flexibility index (Phi) is 8.90.